The maximum atomic E-state index is 13.2. The van der Waals surface area contributed by atoms with Gasteiger partial charge in [-0.3, -0.25) is 9.78 Å². The predicted molar refractivity (Wildman–Crippen MR) is 98.9 cm³/mol. The molecule has 0 unspecified atom stereocenters. The van der Waals surface area contributed by atoms with Gasteiger partial charge in [0.25, 0.3) is 0 Å². The molecule has 1 amide bonds. The van der Waals surface area contributed by atoms with E-state index in [-0.39, 0.29) is 23.7 Å². The van der Waals surface area contributed by atoms with Gasteiger partial charge in [-0.2, -0.15) is 4.31 Å². The van der Waals surface area contributed by atoms with Crippen molar-refractivity contribution in [2.75, 3.05) is 12.3 Å². The molecule has 2 heterocycles. The molecule has 2 atom stereocenters. The zero-order valence-corrected chi connectivity index (χ0v) is 15.9. The second-order valence-corrected chi connectivity index (χ2v) is 9.87. The topological polar surface area (TPSA) is 79.4 Å². The number of hydrogen-bond donors (Lipinski definition) is 1. The highest BCUT2D eigenvalue weighted by Gasteiger charge is 2.58. The van der Waals surface area contributed by atoms with Gasteiger partial charge in [0, 0.05) is 36.9 Å². The van der Waals surface area contributed by atoms with Gasteiger partial charge in [0.15, 0.2) is 0 Å². The van der Waals surface area contributed by atoms with Crippen molar-refractivity contribution in [1.29, 1.82) is 0 Å². The van der Waals surface area contributed by atoms with Gasteiger partial charge in [-0.15, -0.1) is 0 Å². The molecule has 1 N–H and O–H groups in total. The molecular formula is C19H27N3O3S. The number of nitrogens with zero attached hydrogens (tertiary/aromatic N) is 2. The number of carbonyl (C=O) groups is 1. The van der Waals surface area contributed by atoms with Crippen molar-refractivity contribution in [1.82, 2.24) is 14.6 Å². The Balaban J connectivity index is 1.49. The summed E-state index contributed by atoms with van der Waals surface area (Å²) in [6, 6.07) is 5.75. The molecular weight excluding hydrogens is 350 g/mol. The number of hydrogen-bond acceptors (Lipinski definition) is 4. The average Bonchev–Trinajstić information content (AvgIpc) is 3.46. The van der Waals surface area contributed by atoms with Crippen molar-refractivity contribution in [3.8, 4) is 0 Å². The summed E-state index contributed by atoms with van der Waals surface area (Å²) in [4.78, 5) is 17.5. The Morgan fingerprint density at radius 1 is 1.23 bits per heavy atom. The fourth-order valence-corrected chi connectivity index (χ4v) is 6.90. The minimum Gasteiger partial charge on any atom is -0.355 e. The molecule has 6 nitrogen and oxygen atoms in total. The zero-order chi connectivity index (χ0) is 18.2. The van der Waals surface area contributed by atoms with Crippen LogP contribution in [0.4, 0.5) is 0 Å². The van der Waals surface area contributed by atoms with Crippen molar-refractivity contribution < 1.29 is 13.2 Å². The molecule has 1 aromatic rings. The highest BCUT2D eigenvalue weighted by atomic mass is 32.2. The molecule has 1 saturated heterocycles. The van der Waals surface area contributed by atoms with E-state index in [0.29, 0.717) is 19.4 Å². The van der Waals surface area contributed by atoms with Crippen LogP contribution in [0.15, 0.2) is 24.4 Å². The minimum atomic E-state index is -3.22. The first-order valence-corrected chi connectivity index (χ1v) is 11.3. The van der Waals surface area contributed by atoms with Crippen LogP contribution in [0.3, 0.4) is 0 Å². The second-order valence-electron chi connectivity index (χ2n) is 7.87. The monoisotopic (exact) mass is 377 g/mol. The van der Waals surface area contributed by atoms with Crippen LogP contribution in [0.1, 0.15) is 50.6 Å². The number of nitrogens with one attached hydrogen (secondary N) is 1. The predicted octanol–water partition coefficient (Wildman–Crippen LogP) is 1.87. The molecule has 26 heavy (non-hydrogen) atoms. The molecule has 142 valence electrons. The number of aromatic nitrogens is 1. The minimum absolute atomic E-state index is 0.0404. The number of sulfonamides is 1. The molecule has 4 rings (SSSR count). The molecule has 2 saturated carbocycles. The Morgan fingerprint density at radius 3 is 2.81 bits per heavy atom. The third-order valence-electron chi connectivity index (χ3n) is 6.17. The van der Waals surface area contributed by atoms with Gasteiger partial charge < -0.3 is 5.32 Å². The smallest absolute Gasteiger partial charge is 0.227 e. The Hall–Kier alpha value is -1.47. The average molecular weight is 378 g/mol. The van der Waals surface area contributed by atoms with Gasteiger partial charge in [-0.05, 0) is 44.2 Å². The zero-order valence-electron chi connectivity index (χ0n) is 15.1. The molecule has 2 aliphatic carbocycles. The lowest BCUT2D eigenvalue weighted by molar-refractivity contribution is -0.137. The van der Waals surface area contributed by atoms with Gasteiger partial charge in [-0.25, -0.2) is 8.42 Å². The molecule has 3 fully saturated rings. The summed E-state index contributed by atoms with van der Waals surface area (Å²) in [6.45, 7) is 0.542. The van der Waals surface area contributed by atoms with Crippen LogP contribution in [0, 0.1) is 5.41 Å². The van der Waals surface area contributed by atoms with E-state index >= 15 is 0 Å². The summed E-state index contributed by atoms with van der Waals surface area (Å²) in [5.41, 5.74) is 0.410. The number of fused-ring (bicyclic) bond motifs is 1. The van der Waals surface area contributed by atoms with Gasteiger partial charge in [0.05, 0.1) is 11.2 Å². The summed E-state index contributed by atoms with van der Waals surface area (Å²) >= 11 is 0. The third-order valence-corrected chi connectivity index (χ3v) is 8.09. The first-order chi connectivity index (χ1) is 12.5. The maximum Gasteiger partial charge on any atom is 0.227 e. The second kappa shape index (κ2) is 6.93. The summed E-state index contributed by atoms with van der Waals surface area (Å²) in [7, 11) is -3.22. The van der Waals surface area contributed by atoms with E-state index in [9.17, 15) is 13.2 Å². The fourth-order valence-electron chi connectivity index (χ4n) is 4.71. The lowest BCUT2D eigenvalue weighted by Gasteiger charge is -2.51. The lowest BCUT2D eigenvalue weighted by Crippen LogP contribution is -2.63. The van der Waals surface area contributed by atoms with Crippen LogP contribution >= 0.6 is 0 Å². The highest BCUT2D eigenvalue weighted by molar-refractivity contribution is 7.89. The van der Waals surface area contributed by atoms with Crippen molar-refractivity contribution in [3.05, 3.63) is 30.1 Å². The van der Waals surface area contributed by atoms with Gasteiger partial charge >= 0.3 is 0 Å². The maximum absolute atomic E-state index is 13.2. The van der Waals surface area contributed by atoms with Gasteiger partial charge in [-0.1, -0.05) is 18.9 Å². The van der Waals surface area contributed by atoms with Crippen LogP contribution < -0.4 is 5.32 Å². The lowest BCUT2D eigenvalue weighted by atomic mass is 9.67. The quantitative estimate of drug-likeness (QED) is 0.850. The van der Waals surface area contributed by atoms with Crippen molar-refractivity contribution in [2.24, 2.45) is 5.41 Å². The Morgan fingerprint density at radius 2 is 2.08 bits per heavy atom. The standard InChI is InChI=1S/C19H27N3O3S/c23-18(21-13-9-15-5-2-4-12-20-15)19-10-3-1-6-17(19)22(16-7-8-16)26(24,25)14-11-19/h2,4-5,12,16-17H,1,3,6-11,13-14H2,(H,21,23)/t17-,19-/m1/s1. The Kier molecular flexibility index (Phi) is 4.77. The molecule has 0 bridgehead atoms. The third kappa shape index (κ3) is 3.27. The first kappa shape index (κ1) is 17.9. The van der Waals surface area contributed by atoms with Crippen LogP contribution in [0.25, 0.3) is 0 Å². The fraction of sp³-hybridized carbons (Fsp3) is 0.684. The SMILES string of the molecule is O=C(NCCc1ccccn1)[C@@]12CCCC[C@H]1N(C1CC1)S(=O)(=O)CC2. The number of amides is 1. The van der Waals surface area contributed by atoms with Crippen LogP contribution in [0.5, 0.6) is 0 Å². The molecule has 1 aromatic heterocycles. The van der Waals surface area contributed by atoms with E-state index in [1.807, 2.05) is 18.2 Å². The van der Waals surface area contributed by atoms with E-state index < -0.39 is 15.4 Å². The van der Waals surface area contributed by atoms with Crippen LogP contribution in [0.2, 0.25) is 0 Å². The highest BCUT2D eigenvalue weighted by Crippen LogP contribution is 2.50. The summed E-state index contributed by atoms with van der Waals surface area (Å²) < 4.78 is 27.1. The molecule has 3 aliphatic rings. The van der Waals surface area contributed by atoms with Gasteiger partial charge in [0.2, 0.25) is 15.9 Å². The van der Waals surface area contributed by atoms with Gasteiger partial charge in [0.1, 0.15) is 0 Å². The van der Waals surface area contributed by atoms with E-state index in [1.165, 1.54) is 0 Å². The van der Waals surface area contributed by atoms with Crippen LogP contribution in [-0.4, -0.2) is 48.0 Å². The normalized spacial score (nSPS) is 31.2. The van der Waals surface area contributed by atoms with E-state index in [0.717, 1.165) is 44.2 Å². The summed E-state index contributed by atoms with van der Waals surface area (Å²) in [5, 5.41) is 3.10. The van der Waals surface area contributed by atoms with Crippen molar-refractivity contribution in [3.63, 3.8) is 0 Å². The number of carbonyl (C=O) groups excluding carboxylic acids is 1. The Labute approximate surface area is 155 Å². The first-order valence-electron chi connectivity index (χ1n) is 9.72. The summed E-state index contributed by atoms with van der Waals surface area (Å²) in [6.07, 6.45) is 8.40. The van der Waals surface area contributed by atoms with Crippen molar-refractivity contribution >= 4 is 15.9 Å². The number of pyridine rings is 1. The Bertz CT molecular complexity index is 763. The number of rotatable bonds is 5. The van der Waals surface area contributed by atoms with E-state index in [4.69, 9.17) is 0 Å². The van der Waals surface area contributed by atoms with E-state index in [2.05, 4.69) is 10.3 Å². The van der Waals surface area contributed by atoms with Crippen LogP contribution in [-0.2, 0) is 21.2 Å². The molecule has 0 spiro atoms. The summed E-state index contributed by atoms with van der Waals surface area (Å²) in [5.74, 6) is 0.145. The van der Waals surface area contributed by atoms with E-state index in [1.54, 1.807) is 10.5 Å². The molecule has 0 aromatic carbocycles. The molecule has 0 radical (unpaired) electrons. The largest absolute Gasteiger partial charge is 0.355 e. The van der Waals surface area contributed by atoms with Crippen molar-refractivity contribution in [2.45, 2.75) is 63.5 Å². The molecule has 1 aliphatic heterocycles. The molecule has 7 heteroatoms.